The highest BCUT2D eigenvalue weighted by molar-refractivity contribution is 9.10. The van der Waals surface area contributed by atoms with Gasteiger partial charge < -0.3 is 15.8 Å². The van der Waals surface area contributed by atoms with Crippen LogP contribution < -0.4 is 11.1 Å². The molecule has 22 heavy (non-hydrogen) atoms. The Labute approximate surface area is 140 Å². The van der Waals surface area contributed by atoms with Crippen LogP contribution in [0.5, 0.6) is 0 Å². The number of halogens is 1. The van der Waals surface area contributed by atoms with Crippen molar-refractivity contribution in [3.8, 4) is 0 Å². The van der Waals surface area contributed by atoms with Crippen LogP contribution >= 0.6 is 15.9 Å². The number of nitrogens with two attached hydrogens (primary N) is 1. The Balaban J connectivity index is 1.57. The first-order valence-corrected chi connectivity index (χ1v) is 8.89. The van der Waals surface area contributed by atoms with Crippen LogP contribution in [0.2, 0.25) is 0 Å². The molecule has 0 bridgehead atoms. The number of benzene rings is 1. The molecule has 1 atom stereocenters. The van der Waals surface area contributed by atoms with Crippen molar-refractivity contribution >= 4 is 21.9 Å². The molecule has 1 unspecified atom stereocenters. The zero-order chi connectivity index (χ0) is 15.4. The molecule has 0 amide bonds. The minimum absolute atomic E-state index is 0.177. The molecule has 0 aromatic heterocycles. The third-order valence-corrected chi connectivity index (χ3v) is 5.38. The molecule has 1 saturated carbocycles. The van der Waals surface area contributed by atoms with Gasteiger partial charge in [-0.05, 0) is 43.4 Å². The minimum Gasteiger partial charge on any atom is -0.376 e. The molecule has 1 heterocycles. The average Bonchev–Trinajstić information content (AvgIpc) is 2.99. The van der Waals surface area contributed by atoms with Crippen molar-refractivity contribution in [2.75, 3.05) is 19.7 Å². The van der Waals surface area contributed by atoms with E-state index in [1.165, 1.54) is 24.8 Å². The Kier molecular flexibility index (Phi) is 5.03. The van der Waals surface area contributed by atoms with Crippen molar-refractivity contribution in [2.24, 2.45) is 10.7 Å². The summed E-state index contributed by atoms with van der Waals surface area (Å²) in [6.07, 6.45) is 6.21. The van der Waals surface area contributed by atoms with Gasteiger partial charge in [0.2, 0.25) is 0 Å². The van der Waals surface area contributed by atoms with Crippen molar-refractivity contribution in [1.82, 2.24) is 5.32 Å². The zero-order valence-corrected chi connectivity index (χ0v) is 14.4. The number of nitrogens with one attached hydrogen (secondary N) is 1. The molecule has 1 aliphatic carbocycles. The van der Waals surface area contributed by atoms with E-state index in [9.17, 15) is 0 Å². The van der Waals surface area contributed by atoms with Gasteiger partial charge in [-0.15, -0.1) is 0 Å². The molecular formula is C17H24BrN3O. The van der Waals surface area contributed by atoms with Crippen LogP contribution in [0.1, 0.15) is 37.7 Å². The summed E-state index contributed by atoms with van der Waals surface area (Å²) in [6.45, 7) is 2.40. The van der Waals surface area contributed by atoms with Crippen LogP contribution in [-0.4, -0.2) is 31.8 Å². The Morgan fingerprint density at radius 1 is 1.32 bits per heavy atom. The van der Waals surface area contributed by atoms with Crippen LogP contribution in [0.3, 0.4) is 0 Å². The van der Waals surface area contributed by atoms with Gasteiger partial charge in [-0.2, -0.15) is 0 Å². The van der Waals surface area contributed by atoms with E-state index < -0.39 is 0 Å². The molecule has 2 fully saturated rings. The number of aliphatic imine (C=N–C) groups is 1. The largest absolute Gasteiger partial charge is 0.376 e. The fourth-order valence-corrected chi connectivity index (χ4v) is 3.53. The molecule has 0 radical (unpaired) electrons. The van der Waals surface area contributed by atoms with E-state index in [1.807, 2.05) is 0 Å². The Morgan fingerprint density at radius 2 is 2.09 bits per heavy atom. The van der Waals surface area contributed by atoms with Gasteiger partial charge in [-0.1, -0.05) is 34.5 Å². The highest BCUT2D eigenvalue weighted by Gasteiger charge is 2.38. The van der Waals surface area contributed by atoms with Gasteiger partial charge in [0.1, 0.15) is 0 Å². The summed E-state index contributed by atoms with van der Waals surface area (Å²) >= 11 is 3.50. The van der Waals surface area contributed by atoms with E-state index >= 15 is 0 Å². The first-order chi connectivity index (χ1) is 10.7. The second-order valence-corrected chi connectivity index (χ2v) is 7.27. The second kappa shape index (κ2) is 7.01. The molecule has 0 spiro atoms. The maximum Gasteiger partial charge on any atom is 0.188 e. The highest BCUT2D eigenvalue weighted by atomic mass is 79.9. The van der Waals surface area contributed by atoms with Crippen molar-refractivity contribution in [2.45, 2.75) is 43.6 Å². The third kappa shape index (κ3) is 3.63. The van der Waals surface area contributed by atoms with Gasteiger partial charge in [0.15, 0.2) is 5.96 Å². The summed E-state index contributed by atoms with van der Waals surface area (Å²) in [5.41, 5.74) is 7.57. The van der Waals surface area contributed by atoms with Crippen LogP contribution in [0.4, 0.5) is 0 Å². The fraction of sp³-hybridized carbons (Fsp3) is 0.588. The van der Waals surface area contributed by atoms with Crippen LogP contribution in [-0.2, 0) is 10.2 Å². The average molecular weight is 366 g/mol. The molecule has 3 rings (SSSR count). The molecule has 4 nitrogen and oxygen atoms in total. The van der Waals surface area contributed by atoms with E-state index in [4.69, 9.17) is 10.5 Å². The lowest BCUT2D eigenvalue weighted by atomic mass is 9.64. The van der Waals surface area contributed by atoms with Gasteiger partial charge >= 0.3 is 0 Å². The molecule has 120 valence electrons. The van der Waals surface area contributed by atoms with Crippen molar-refractivity contribution < 1.29 is 4.74 Å². The zero-order valence-electron chi connectivity index (χ0n) is 12.9. The predicted octanol–water partition coefficient (Wildman–Crippen LogP) is 2.95. The van der Waals surface area contributed by atoms with Crippen molar-refractivity contribution in [1.29, 1.82) is 0 Å². The molecule has 1 aromatic carbocycles. The second-order valence-electron chi connectivity index (χ2n) is 6.36. The summed E-state index contributed by atoms with van der Waals surface area (Å²) < 4.78 is 6.70. The van der Waals surface area contributed by atoms with Crippen molar-refractivity contribution in [3.05, 3.63) is 34.3 Å². The van der Waals surface area contributed by atoms with Crippen LogP contribution in [0.15, 0.2) is 33.7 Å². The number of hydrogen-bond donors (Lipinski definition) is 2. The number of nitrogens with zero attached hydrogens (tertiary/aromatic N) is 1. The fourth-order valence-electron chi connectivity index (χ4n) is 3.26. The van der Waals surface area contributed by atoms with E-state index in [2.05, 4.69) is 50.5 Å². The third-order valence-electron chi connectivity index (χ3n) is 4.85. The SMILES string of the molecule is NC(=NCC1(c2ccc(Br)cc2)CCC1)NCC1CCCO1. The van der Waals surface area contributed by atoms with Gasteiger partial charge in [0.25, 0.3) is 0 Å². The molecule has 5 heteroatoms. The molecule has 2 aliphatic rings. The number of rotatable bonds is 5. The lowest BCUT2D eigenvalue weighted by Gasteiger charge is -2.41. The molecule has 1 aliphatic heterocycles. The Morgan fingerprint density at radius 3 is 2.68 bits per heavy atom. The molecule has 3 N–H and O–H groups in total. The first kappa shape index (κ1) is 15.8. The lowest BCUT2D eigenvalue weighted by molar-refractivity contribution is 0.114. The summed E-state index contributed by atoms with van der Waals surface area (Å²) in [6, 6.07) is 8.62. The smallest absolute Gasteiger partial charge is 0.188 e. The summed E-state index contributed by atoms with van der Waals surface area (Å²) in [5, 5.41) is 3.20. The summed E-state index contributed by atoms with van der Waals surface area (Å²) in [7, 11) is 0. The van der Waals surface area contributed by atoms with Gasteiger partial charge in [-0.25, -0.2) is 0 Å². The first-order valence-electron chi connectivity index (χ1n) is 8.09. The molecule has 1 aromatic rings. The van der Waals surface area contributed by atoms with Crippen molar-refractivity contribution in [3.63, 3.8) is 0 Å². The summed E-state index contributed by atoms with van der Waals surface area (Å²) in [4.78, 5) is 4.59. The lowest BCUT2D eigenvalue weighted by Crippen LogP contribution is -2.41. The van der Waals surface area contributed by atoms with E-state index in [0.29, 0.717) is 5.96 Å². The minimum atomic E-state index is 0.177. The van der Waals surface area contributed by atoms with Gasteiger partial charge in [-0.3, -0.25) is 4.99 Å². The topological polar surface area (TPSA) is 59.6 Å². The molecule has 1 saturated heterocycles. The van der Waals surface area contributed by atoms with E-state index in [0.717, 1.165) is 37.0 Å². The number of ether oxygens (including phenoxy) is 1. The van der Waals surface area contributed by atoms with Gasteiger partial charge in [0.05, 0.1) is 12.6 Å². The van der Waals surface area contributed by atoms with Crippen LogP contribution in [0, 0.1) is 0 Å². The Bertz CT molecular complexity index is 519. The highest BCUT2D eigenvalue weighted by Crippen LogP contribution is 2.44. The summed E-state index contributed by atoms with van der Waals surface area (Å²) in [5.74, 6) is 0.541. The van der Waals surface area contributed by atoms with E-state index in [-0.39, 0.29) is 11.5 Å². The quantitative estimate of drug-likeness (QED) is 0.622. The van der Waals surface area contributed by atoms with Crippen LogP contribution in [0.25, 0.3) is 0 Å². The Hall–Kier alpha value is -1.07. The maximum atomic E-state index is 6.02. The molecular weight excluding hydrogens is 342 g/mol. The number of guanidine groups is 1. The van der Waals surface area contributed by atoms with Gasteiger partial charge in [0, 0.05) is 23.0 Å². The predicted molar refractivity (Wildman–Crippen MR) is 93.1 cm³/mol. The maximum absolute atomic E-state index is 6.02. The monoisotopic (exact) mass is 365 g/mol. The standard InChI is InChI=1S/C17H24BrN3O/c18-14-6-4-13(5-7-14)17(8-2-9-17)12-21-16(19)20-11-15-3-1-10-22-15/h4-7,15H,1-3,8-12H2,(H3,19,20,21). The normalized spacial score (nSPS) is 24.0. The number of hydrogen-bond acceptors (Lipinski definition) is 2. The van der Waals surface area contributed by atoms with E-state index in [1.54, 1.807) is 0 Å².